The largest absolute Gasteiger partial charge is 0.370 e. The number of hydrogen-bond acceptors (Lipinski definition) is 4. The number of benzene rings is 1. The number of rotatable bonds is 3. The van der Waals surface area contributed by atoms with Crippen molar-refractivity contribution in [1.29, 1.82) is 0 Å². The summed E-state index contributed by atoms with van der Waals surface area (Å²) in [6, 6.07) is 10.3. The van der Waals surface area contributed by atoms with Crippen molar-refractivity contribution in [3.63, 3.8) is 0 Å². The smallest absolute Gasteiger partial charge is 0.229 e. The Morgan fingerprint density at radius 1 is 1.29 bits per heavy atom. The maximum absolute atomic E-state index is 5.43. The lowest BCUT2D eigenvalue weighted by atomic mass is 10.1. The monoisotopic (exact) mass is 191 g/mol. The first-order chi connectivity index (χ1) is 6.84. The molecule has 1 aromatic rings. The van der Waals surface area contributed by atoms with Gasteiger partial charge in [0.15, 0.2) is 0 Å². The van der Waals surface area contributed by atoms with Crippen LogP contribution in [-0.4, -0.2) is 11.6 Å². The van der Waals surface area contributed by atoms with Crippen molar-refractivity contribution in [1.82, 2.24) is 10.6 Å². The summed E-state index contributed by atoms with van der Waals surface area (Å²) in [7, 11) is 0. The zero-order valence-electron chi connectivity index (χ0n) is 7.81. The van der Waals surface area contributed by atoms with Gasteiger partial charge in [0, 0.05) is 6.54 Å². The minimum Gasteiger partial charge on any atom is -0.370 e. The van der Waals surface area contributed by atoms with Gasteiger partial charge in [-0.1, -0.05) is 35.9 Å². The van der Waals surface area contributed by atoms with Crippen LogP contribution in [0.1, 0.15) is 5.56 Å². The van der Waals surface area contributed by atoms with Gasteiger partial charge in [0.05, 0.1) is 6.20 Å². The van der Waals surface area contributed by atoms with Gasteiger partial charge < -0.3 is 10.6 Å². The van der Waals surface area contributed by atoms with E-state index in [2.05, 4.69) is 17.7 Å². The predicted octanol–water partition coefficient (Wildman–Crippen LogP) is 0.739. The summed E-state index contributed by atoms with van der Waals surface area (Å²) in [4.78, 5) is 4.87. The highest BCUT2D eigenvalue weighted by Gasteiger charge is 2.09. The van der Waals surface area contributed by atoms with Gasteiger partial charge in [0.1, 0.15) is 0 Å². The molecule has 0 amide bonds. The summed E-state index contributed by atoms with van der Waals surface area (Å²) in [6.45, 7) is 0.838. The van der Waals surface area contributed by atoms with Gasteiger partial charge in [-0.3, -0.25) is 5.01 Å². The van der Waals surface area contributed by atoms with Crippen LogP contribution in [0.4, 0.5) is 0 Å². The molecule has 1 aliphatic rings. The molecule has 1 aliphatic heterocycles. The molecule has 0 atom stereocenters. The molecule has 0 radical (unpaired) electrons. The standard InChI is InChI=1S/C10H13N3O/c11-10-8-13(12-14-10)7-6-9-4-2-1-3-5-9/h1-5,8,12H,6-7,11H2. The molecule has 0 aromatic heterocycles. The number of nitrogens with one attached hydrogen (secondary N) is 1. The Bertz CT molecular complexity index is 323. The third-order valence-electron chi connectivity index (χ3n) is 2.05. The third kappa shape index (κ3) is 2.17. The van der Waals surface area contributed by atoms with E-state index in [0.29, 0.717) is 5.88 Å². The fraction of sp³-hybridized carbons (Fsp3) is 0.200. The van der Waals surface area contributed by atoms with E-state index in [0.717, 1.165) is 13.0 Å². The van der Waals surface area contributed by atoms with Crippen LogP contribution >= 0.6 is 0 Å². The molecule has 4 heteroatoms. The first kappa shape index (κ1) is 8.90. The Hall–Kier alpha value is -1.68. The summed E-state index contributed by atoms with van der Waals surface area (Å²) < 4.78 is 0. The van der Waals surface area contributed by atoms with Crippen molar-refractivity contribution in [2.75, 3.05) is 6.54 Å². The zero-order valence-corrected chi connectivity index (χ0v) is 7.81. The van der Waals surface area contributed by atoms with Crippen molar-refractivity contribution in [3.8, 4) is 0 Å². The van der Waals surface area contributed by atoms with Crippen molar-refractivity contribution in [2.24, 2.45) is 5.73 Å². The second-order valence-corrected chi connectivity index (χ2v) is 3.15. The second kappa shape index (κ2) is 4.02. The minimum atomic E-state index is 0.401. The summed E-state index contributed by atoms with van der Waals surface area (Å²) in [6.07, 6.45) is 2.70. The highest BCUT2D eigenvalue weighted by Crippen LogP contribution is 2.04. The average molecular weight is 191 g/mol. The van der Waals surface area contributed by atoms with E-state index in [1.165, 1.54) is 5.56 Å². The molecule has 3 N–H and O–H groups in total. The Morgan fingerprint density at radius 3 is 2.71 bits per heavy atom. The summed E-state index contributed by atoms with van der Waals surface area (Å²) in [5.41, 5.74) is 9.42. The van der Waals surface area contributed by atoms with Crippen molar-refractivity contribution in [3.05, 3.63) is 48.0 Å². The zero-order chi connectivity index (χ0) is 9.80. The summed E-state index contributed by atoms with van der Waals surface area (Å²) >= 11 is 0. The molecule has 74 valence electrons. The van der Waals surface area contributed by atoms with E-state index in [9.17, 15) is 0 Å². The van der Waals surface area contributed by atoms with Gasteiger partial charge in [-0.05, 0) is 12.0 Å². The van der Waals surface area contributed by atoms with E-state index in [1.54, 1.807) is 6.20 Å². The summed E-state index contributed by atoms with van der Waals surface area (Å²) in [5, 5.41) is 1.82. The first-order valence-electron chi connectivity index (χ1n) is 4.55. The number of nitrogens with zero attached hydrogens (tertiary/aromatic N) is 1. The fourth-order valence-electron chi connectivity index (χ4n) is 1.32. The molecular formula is C10H13N3O. The SMILES string of the molecule is NC1=CN(CCc2ccccc2)NO1. The van der Waals surface area contributed by atoms with Crippen molar-refractivity contribution >= 4 is 0 Å². The van der Waals surface area contributed by atoms with Crippen LogP contribution in [0.2, 0.25) is 0 Å². The molecule has 2 rings (SSSR count). The van der Waals surface area contributed by atoms with E-state index in [-0.39, 0.29) is 0 Å². The number of hydrogen-bond donors (Lipinski definition) is 2. The van der Waals surface area contributed by atoms with E-state index < -0.39 is 0 Å². The average Bonchev–Trinajstić information content (AvgIpc) is 2.63. The molecule has 0 fully saturated rings. The minimum absolute atomic E-state index is 0.401. The van der Waals surface area contributed by atoms with Crippen LogP contribution in [0.5, 0.6) is 0 Å². The Balaban J connectivity index is 1.84. The van der Waals surface area contributed by atoms with Gasteiger partial charge in [-0.2, -0.15) is 0 Å². The quantitative estimate of drug-likeness (QED) is 0.739. The van der Waals surface area contributed by atoms with Crippen LogP contribution in [-0.2, 0) is 11.3 Å². The molecular weight excluding hydrogens is 178 g/mol. The molecule has 0 spiro atoms. The Kier molecular flexibility index (Phi) is 2.55. The molecule has 0 unspecified atom stereocenters. The Labute approximate surface area is 82.9 Å². The van der Waals surface area contributed by atoms with Gasteiger partial charge in [0.2, 0.25) is 5.88 Å². The van der Waals surface area contributed by atoms with E-state index in [1.807, 2.05) is 23.2 Å². The van der Waals surface area contributed by atoms with Crippen LogP contribution < -0.4 is 11.3 Å². The number of hydrazine groups is 1. The van der Waals surface area contributed by atoms with Gasteiger partial charge in [-0.25, -0.2) is 0 Å². The lowest BCUT2D eigenvalue weighted by Gasteiger charge is -2.12. The molecule has 14 heavy (non-hydrogen) atoms. The molecule has 0 saturated carbocycles. The van der Waals surface area contributed by atoms with Crippen LogP contribution in [0.3, 0.4) is 0 Å². The molecule has 1 aromatic carbocycles. The third-order valence-corrected chi connectivity index (χ3v) is 2.05. The van der Waals surface area contributed by atoms with Crippen molar-refractivity contribution < 1.29 is 4.84 Å². The van der Waals surface area contributed by atoms with Gasteiger partial charge in [-0.15, -0.1) is 0 Å². The van der Waals surface area contributed by atoms with E-state index in [4.69, 9.17) is 10.6 Å². The molecule has 1 heterocycles. The first-order valence-corrected chi connectivity index (χ1v) is 4.55. The molecule has 4 nitrogen and oxygen atoms in total. The highest BCUT2D eigenvalue weighted by molar-refractivity contribution is 5.15. The lowest BCUT2D eigenvalue weighted by molar-refractivity contribution is 0.0216. The molecule has 0 saturated heterocycles. The van der Waals surface area contributed by atoms with Crippen LogP contribution in [0.25, 0.3) is 0 Å². The van der Waals surface area contributed by atoms with Crippen molar-refractivity contribution in [2.45, 2.75) is 6.42 Å². The lowest BCUT2D eigenvalue weighted by Crippen LogP contribution is -2.29. The maximum atomic E-state index is 5.43. The highest BCUT2D eigenvalue weighted by atomic mass is 16.7. The van der Waals surface area contributed by atoms with Gasteiger partial charge >= 0.3 is 0 Å². The fourth-order valence-corrected chi connectivity index (χ4v) is 1.32. The molecule has 0 aliphatic carbocycles. The topological polar surface area (TPSA) is 50.5 Å². The van der Waals surface area contributed by atoms with Gasteiger partial charge in [0.25, 0.3) is 0 Å². The van der Waals surface area contributed by atoms with Crippen LogP contribution in [0.15, 0.2) is 42.4 Å². The Morgan fingerprint density at radius 2 is 2.07 bits per heavy atom. The van der Waals surface area contributed by atoms with Crippen LogP contribution in [0, 0.1) is 0 Å². The second-order valence-electron chi connectivity index (χ2n) is 3.15. The predicted molar refractivity (Wildman–Crippen MR) is 53.3 cm³/mol. The summed E-state index contributed by atoms with van der Waals surface area (Å²) in [5.74, 6) is 0.401. The normalized spacial score (nSPS) is 15.1. The van der Waals surface area contributed by atoms with E-state index >= 15 is 0 Å². The number of nitrogens with two attached hydrogens (primary N) is 1. The maximum Gasteiger partial charge on any atom is 0.229 e. The molecule has 0 bridgehead atoms.